The van der Waals surface area contributed by atoms with Gasteiger partial charge in [-0.15, -0.1) is 0 Å². The normalized spacial score (nSPS) is 11.2. The van der Waals surface area contributed by atoms with Gasteiger partial charge in [-0.2, -0.15) is 0 Å². The quantitative estimate of drug-likeness (QED) is 0.219. The number of nitrogens with two attached hydrogens (primary N) is 1. The minimum Gasteiger partial charge on any atom is -0.409 e. The van der Waals surface area contributed by atoms with Crippen molar-refractivity contribution >= 4 is 11.7 Å². The Bertz CT molecular complexity index is 160. The van der Waals surface area contributed by atoms with Crippen LogP contribution in [0.1, 0.15) is 6.42 Å². The van der Waals surface area contributed by atoms with Gasteiger partial charge in [-0.25, -0.2) is 4.39 Å². The van der Waals surface area contributed by atoms with E-state index in [0.29, 0.717) is 0 Å². The van der Waals surface area contributed by atoms with Crippen molar-refractivity contribution < 1.29 is 14.4 Å². The molecule has 1 amide bonds. The largest absolute Gasteiger partial charge is 0.409 e. The van der Waals surface area contributed by atoms with Crippen molar-refractivity contribution in [2.24, 2.45) is 10.9 Å². The van der Waals surface area contributed by atoms with Crippen molar-refractivity contribution in [3.8, 4) is 0 Å². The summed E-state index contributed by atoms with van der Waals surface area (Å²) in [6.07, 6.45) is -0.212. The van der Waals surface area contributed by atoms with Gasteiger partial charge >= 0.3 is 0 Å². The van der Waals surface area contributed by atoms with Crippen LogP contribution in [-0.4, -0.2) is 30.2 Å². The predicted molar refractivity (Wildman–Crippen MR) is 37.0 cm³/mol. The number of carbonyl (C=O) groups excluding carboxylic acids is 1. The fraction of sp³-hybridized carbons (Fsp3) is 0.600. The first kappa shape index (κ1) is 9.67. The topological polar surface area (TPSA) is 87.7 Å². The third-order valence-corrected chi connectivity index (χ3v) is 0.887. The molecule has 0 atom stereocenters. The molecule has 0 saturated heterocycles. The van der Waals surface area contributed by atoms with Crippen LogP contribution in [0.15, 0.2) is 5.16 Å². The third kappa shape index (κ3) is 5.13. The highest BCUT2D eigenvalue weighted by atomic mass is 19.1. The van der Waals surface area contributed by atoms with Crippen LogP contribution in [0, 0.1) is 0 Å². The average Bonchev–Trinajstić information content (AvgIpc) is 2.00. The fourth-order valence-electron chi connectivity index (χ4n) is 0.449. The highest BCUT2D eigenvalue weighted by molar-refractivity contribution is 5.98. The second-order valence-corrected chi connectivity index (χ2v) is 1.81. The molecule has 0 spiro atoms. The summed E-state index contributed by atoms with van der Waals surface area (Å²) in [6, 6.07) is 0. The van der Waals surface area contributed by atoms with Gasteiger partial charge in [0.25, 0.3) is 0 Å². The zero-order valence-corrected chi connectivity index (χ0v) is 5.88. The Labute approximate surface area is 63.1 Å². The van der Waals surface area contributed by atoms with Gasteiger partial charge in [-0.05, 0) is 0 Å². The molecular formula is C5H10FN3O2. The van der Waals surface area contributed by atoms with E-state index in [1.165, 1.54) is 0 Å². The predicted octanol–water partition coefficient (Wildman–Crippen LogP) is -0.791. The Morgan fingerprint density at radius 2 is 2.36 bits per heavy atom. The van der Waals surface area contributed by atoms with Crippen LogP contribution in [0.3, 0.4) is 0 Å². The first-order chi connectivity index (χ1) is 5.20. The summed E-state index contributed by atoms with van der Waals surface area (Å²) in [7, 11) is 0. The van der Waals surface area contributed by atoms with Gasteiger partial charge in [-0.1, -0.05) is 5.16 Å². The standard InChI is InChI=1S/C5H10FN3O2/c6-1-2-8-5(10)3-4(7)9-11/h11H,1-3H2,(H2,7,9)(H,8,10). The average molecular weight is 163 g/mol. The number of hydrogen-bond acceptors (Lipinski definition) is 3. The minimum atomic E-state index is -0.623. The molecule has 4 N–H and O–H groups in total. The number of amides is 1. The van der Waals surface area contributed by atoms with Gasteiger partial charge < -0.3 is 16.3 Å². The number of alkyl halides is 1. The zero-order chi connectivity index (χ0) is 8.69. The van der Waals surface area contributed by atoms with E-state index in [0.717, 1.165) is 0 Å². The molecule has 0 rings (SSSR count). The molecule has 0 aromatic carbocycles. The van der Waals surface area contributed by atoms with Crippen molar-refractivity contribution in [3.63, 3.8) is 0 Å². The molecule has 6 heteroatoms. The van der Waals surface area contributed by atoms with Crippen LogP contribution in [0.2, 0.25) is 0 Å². The molecule has 0 unspecified atom stereocenters. The van der Waals surface area contributed by atoms with E-state index in [9.17, 15) is 9.18 Å². The number of halogens is 1. The molecular weight excluding hydrogens is 153 g/mol. The molecule has 0 saturated carbocycles. The molecule has 0 aromatic rings. The monoisotopic (exact) mass is 163 g/mol. The number of nitrogens with one attached hydrogen (secondary N) is 1. The summed E-state index contributed by atoms with van der Waals surface area (Å²) in [6.45, 7) is -0.667. The highest BCUT2D eigenvalue weighted by Gasteiger charge is 2.02. The Morgan fingerprint density at radius 3 is 2.82 bits per heavy atom. The van der Waals surface area contributed by atoms with Gasteiger partial charge in [0.05, 0.1) is 6.42 Å². The molecule has 0 aliphatic heterocycles. The molecule has 0 aliphatic carbocycles. The van der Waals surface area contributed by atoms with E-state index in [2.05, 4.69) is 10.5 Å². The van der Waals surface area contributed by atoms with Crippen molar-refractivity contribution in [1.82, 2.24) is 5.32 Å². The molecule has 5 nitrogen and oxygen atoms in total. The van der Waals surface area contributed by atoms with E-state index in [1.807, 2.05) is 0 Å². The second-order valence-electron chi connectivity index (χ2n) is 1.81. The maximum Gasteiger partial charge on any atom is 0.227 e. The van der Waals surface area contributed by atoms with Crippen LogP contribution in [0.4, 0.5) is 4.39 Å². The van der Waals surface area contributed by atoms with E-state index >= 15 is 0 Å². The molecule has 0 heterocycles. The van der Waals surface area contributed by atoms with Crippen molar-refractivity contribution in [3.05, 3.63) is 0 Å². The molecule has 0 aliphatic rings. The van der Waals surface area contributed by atoms with E-state index in [-0.39, 0.29) is 18.8 Å². The Morgan fingerprint density at radius 1 is 1.73 bits per heavy atom. The van der Waals surface area contributed by atoms with Gasteiger partial charge in [0.15, 0.2) is 0 Å². The Hall–Kier alpha value is -1.33. The summed E-state index contributed by atoms with van der Waals surface area (Å²) >= 11 is 0. The first-order valence-corrected chi connectivity index (χ1v) is 2.99. The SMILES string of the molecule is N/C(CC(=O)NCCF)=N\O. The number of nitrogens with zero attached hydrogens (tertiary/aromatic N) is 1. The van der Waals surface area contributed by atoms with Crippen molar-refractivity contribution in [2.45, 2.75) is 6.42 Å². The summed E-state index contributed by atoms with van der Waals surface area (Å²) in [5.74, 6) is -0.653. The number of hydrogen-bond donors (Lipinski definition) is 3. The van der Waals surface area contributed by atoms with Crippen molar-refractivity contribution in [1.29, 1.82) is 0 Å². The third-order valence-electron chi connectivity index (χ3n) is 0.887. The fourth-order valence-corrected chi connectivity index (χ4v) is 0.449. The van der Waals surface area contributed by atoms with Crippen LogP contribution in [0.25, 0.3) is 0 Å². The van der Waals surface area contributed by atoms with Gasteiger partial charge in [-0.3, -0.25) is 4.79 Å². The molecule has 0 bridgehead atoms. The van der Waals surface area contributed by atoms with Crippen LogP contribution in [-0.2, 0) is 4.79 Å². The summed E-state index contributed by atoms with van der Waals surface area (Å²) in [4.78, 5) is 10.6. The van der Waals surface area contributed by atoms with Crippen molar-refractivity contribution in [2.75, 3.05) is 13.2 Å². The number of carbonyl (C=O) groups is 1. The second kappa shape index (κ2) is 5.45. The molecule has 0 aromatic heterocycles. The lowest BCUT2D eigenvalue weighted by molar-refractivity contribution is -0.120. The van der Waals surface area contributed by atoms with Crippen LogP contribution in [0.5, 0.6) is 0 Å². The van der Waals surface area contributed by atoms with E-state index < -0.39 is 12.6 Å². The summed E-state index contributed by atoms with van der Waals surface area (Å²) in [5.41, 5.74) is 4.99. The summed E-state index contributed by atoms with van der Waals surface area (Å²) in [5, 5.41) is 12.8. The highest BCUT2D eigenvalue weighted by Crippen LogP contribution is 1.79. The molecule has 64 valence electrons. The van der Waals surface area contributed by atoms with E-state index in [4.69, 9.17) is 10.9 Å². The Balaban J connectivity index is 3.53. The smallest absolute Gasteiger partial charge is 0.227 e. The summed E-state index contributed by atoms with van der Waals surface area (Å²) < 4.78 is 11.4. The van der Waals surface area contributed by atoms with Crippen LogP contribution >= 0.6 is 0 Å². The number of oxime groups is 1. The first-order valence-electron chi connectivity index (χ1n) is 2.99. The number of amidine groups is 1. The maximum absolute atomic E-state index is 11.4. The van der Waals surface area contributed by atoms with Gasteiger partial charge in [0, 0.05) is 6.54 Å². The lowest BCUT2D eigenvalue weighted by Gasteiger charge is -1.99. The molecule has 11 heavy (non-hydrogen) atoms. The van der Waals surface area contributed by atoms with Crippen LogP contribution < -0.4 is 11.1 Å². The van der Waals surface area contributed by atoms with Gasteiger partial charge in [0.2, 0.25) is 5.91 Å². The molecule has 0 fully saturated rings. The Kier molecular flexibility index (Phi) is 4.80. The molecule has 0 radical (unpaired) electrons. The lowest BCUT2D eigenvalue weighted by Crippen LogP contribution is -2.29. The maximum atomic E-state index is 11.4. The number of rotatable bonds is 4. The van der Waals surface area contributed by atoms with Gasteiger partial charge in [0.1, 0.15) is 12.5 Å². The lowest BCUT2D eigenvalue weighted by atomic mass is 10.4. The minimum absolute atomic E-state index is 0.0441. The zero-order valence-electron chi connectivity index (χ0n) is 5.88. The van der Waals surface area contributed by atoms with E-state index in [1.54, 1.807) is 0 Å².